The Morgan fingerprint density at radius 3 is 3.06 bits per heavy atom. The van der Waals surface area contributed by atoms with Gasteiger partial charge >= 0.3 is 0 Å². The third-order valence-corrected chi connectivity index (χ3v) is 3.48. The quantitative estimate of drug-likeness (QED) is 0.649. The molecule has 17 heavy (non-hydrogen) atoms. The third kappa shape index (κ3) is 3.01. The number of rotatable bonds is 3. The lowest BCUT2D eigenvalue weighted by Gasteiger charge is -2.32. The van der Waals surface area contributed by atoms with Crippen molar-refractivity contribution < 1.29 is 4.74 Å². The van der Waals surface area contributed by atoms with Gasteiger partial charge in [-0.3, -0.25) is 0 Å². The largest absolute Gasteiger partial charge is 0.383 e. The minimum absolute atomic E-state index is 0.290. The van der Waals surface area contributed by atoms with Crippen LogP contribution in [0.3, 0.4) is 0 Å². The van der Waals surface area contributed by atoms with E-state index in [1.54, 1.807) is 7.11 Å². The molecule has 0 radical (unpaired) electrons. The van der Waals surface area contributed by atoms with Gasteiger partial charge in [0.1, 0.15) is 11.6 Å². The van der Waals surface area contributed by atoms with E-state index >= 15 is 0 Å². The Morgan fingerprint density at radius 1 is 1.53 bits per heavy atom. The van der Waals surface area contributed by atoms with Crippen LogP contribution in [0, 0.1) is 0 Å². The number of piperidine rings is 1. The number of nitrogen functional groups attached to an aromatic ring is 1. The maximum absolute atomic E-state index is 5.79. The fourth-order valence-corrected chi connectivity index (χ4v) is 2.40. The second-order valence-electron chi connectivity index (χ2n) is 4.08. The fourth-order valence-electron chi connectivity index (χ4n) is 2.02. The molecule has 6 heteroatoms. The van der Waals surface area contributed by atoms with E-state index in [2.05, 4.69) is 14.9 Å². The van der Waals surface area contributed by atoms with Gasteiger partial charge in [-0.2, -0.15) is 0 Å². The lowest BCUT2D eigenvalue weighted by molar-refractivity contribution is 0.0891. The normalized spacial score (nSPS) is 20.6. The first kappa shape index (κ1) is 12.4. The van der Waals surface area contributed by atoms with Crippen molar-refractivity contribution in [1.82, 2.24) is 9.97 Å². The Bertz CT molecular complexity index is 388. The van der Waals surface area contributed by atoms with Crippen LogP contribution in [0.2, 0.25) is 0 Å². The number of hydrogen-bond acceptors (Lipinski definition) is 6. The monoisotopic (exact) mass is 254 g/mol. The van der Waals surface area contributed by atoms with Crippen LogP contribution in [0.15, 0.2) is 11.2 Å². The van der Waals surface area contributed by atoms with Crippen LogP contribution in [0.1, 0.15) is 12.8 Å². The summed E-state index contributed by atoms with van der Waals surface area (Å²) in [5.41, 5.74) is 5.79. The van der Waals surface area contributed by atoms with Gasteiger partial charge in [0.25, 0.3) is 0 Å². The van der Waals surface area contributed by atoms with Gasteiger partial charge < -0.3 is 15.4 Å². The summed E-state index contributed by atoms with van der Waals surface area (Å²) in [7, 11) is 1.76. The van der Waals surface area contributed by atoms with Crippen molar-refractivity contribution in [3.8, 4) is 0 Å². The first-order chi connectivity index (χ1) is 8.22. The van der Waals surface area contributed by atoms with Gasteiger partial charge in [0.05, 0.1) is 6.10 Å². The molecule has 1 fully saturated rings. The molecule has 0 saturated carbocycles. The number of anilines is 2. The maximum Gasteiger partial charge on any atom is 0.191 e. The van der Waals surface area contributed by atoms with Crippen LogP contribution in [-0.4, -0.2) is 42.5 Å². The Balaban J connectivity index is 2.18. The van der Waals surface area contributed by atoms with E-state index < -0.39 is 0 Å². The van der Waals surface area contributed by atoms with Gasteiger partial charge in [0, 0.05) is 26.3 Å². The van der Waals surface area contributed by atoms with Gasteiger partial charge in [0.15, 0.2) is 5.16 Å². The minimum Gasteiger partial charge on any atom is -0.383 e. The van der Waals surface area contributed by atoms with E-state index in [4.69, 9.17) is 10.5 Å². The standard InChI is InChI=1S/C11H18N4OS/c1-16-8-4-3-5-15(7-8)10-6-9(12)13-11(14-10)17-2/h6,8H,3-5,7H2,1-2H3,(H2,12,13,14). The summed E-state index contributed by atoms with van der Waals surface area (Å²) in [6.07, 6.45) is 4.48. The molecule has 1 atom stereocenters. The summed E-state index contributed by atoms with van der Waals surface area (Å²) in [6.45, 7) is 1.88. The highest BCUT2D eigenvalue weighted by Gasteiger charge is 2.21. The number of ether oxygens (including phenoxy) is 1. The van der Waals surface area contributed by atoms with Crippen LogP contribution in [-0.2, 0) is 4.74 Å². The molecule has 2 heterocycles. The lowest BCUT2D eigenvalue weighted by atomic mass is 10.1. The van der Waals surface area contributed by atoms with E-state index in [1.807, 2.05) is 12.3 Å². The molecule has 0 spiro atoms. The van der Waals surface area contributed by atoms with Crippen molar-refractivity contribution in [3.63, 3.8) is 0 Å². The highest BCUT2D eigenvalue weighted by molar-refractivity contribution is 7.98. The molecule has 2 rings (SSSR count). The predicted molar refractivity (Wildman–Crippen MR) is 70.5 cm³/mol. The van der Waals surface area contributed by atoms with Crippen molar-refractivity contribution in [1.29, 1.82) is 0 Å². The zero-order valence-corrected chi connectivity index (χ0v) is 11.0. The number of aromatic nitrogens is 2. The summed E-state index contributed by atoms with van der Waals surface area (Å²) in [5.74, 6) is 1.43. The second kappa shape index (κ2) is 5.55. The van der Waals surface area contributed by atoms with Crippen LogP contribution < -0.4 is 10.6 Å². The number of thioether (sulfide) groups is 1. The first-order valence-electron chi connectivity index (χ1n) is 5.69. The average Bonchev–Trinajstić information content (AvgIpc) is 2.38. The highest BCUT2D eigenvalue weighted by Crippen LogP contribution is 2.22. The molecular formula is C11H18N4OS. The zero-order valence-electron chi connectivity index (χ0n) is 10.2. The average molecular weight is 254 g/mol. The van der Waals surface area contributed by atoms with Crippen molar-refractivity contribution in [2.75, 3.05) is 37.1 Å². The number of nitrogens with zero attached hydrogens (tertiary/aromatic N) is 3. The summed E-state index contributed by atoms with van der Waals surface area (Å²) in [4.78, 5) is 10.9. The summed E-state index contributed by atoms with van der Waals surface area (Å²) >= 11 is 1.51. The van der Waals surface area contributed by atoms with E-state index in [-0.39, 0.29) is 6.10 Å². The Morgan fingerprint density at radius 2 is 2.35 bits per heavy atom. The smallest absolute Gasteiger partial charge is 0.191 e. The van der Waals surface area contributed by atoms with E-state index in [0.29, 0.717) is 5.82 Å². The molecule has 0 amide bonds. The summed E-state index contributed by atoms with van der Waals surface area (Å²) < 4.78 is 5.41. The predicted octanol–water partition coefficient (Wildman–Crippen LogP) is 1.40. The summed E-state index contributed by atoms with van der Waals surface area (Å²) in [6, 6.07) is 1.83. The molecule has 94 valence electrons. The van der Waals surface area contributed by atoms with E-state index in [1.165, 1.54) is 11.8 Å². The zero-order chi connectivity index (χ0) is 12.3. The van der Waals surface area contributed by atoms with E-state index in [9.17, 15) is 0 Å². The molecular weight excluding hydrogens is 236 g/mol. The van der Waals surface area contributed by atoms with Crippen molar-refractivity contribution >= 4 is 23.4 Å². The lowest BCUT2D eigenvalue weighted by Crippen LogP contribution is -2.39. The number of nitrogens with two attached hydrogens (primary N) is 1. The highest BCUT2D eigenvalue weighted by atomic mass is 32.2. The molecule has 1 unspecified atom stereocenters. The Kier molecular flexibility index (Phi) is 4.06. The van der Waals surface area contributed by atoms with Crippen LogP contribution >= 0.6 is 11.8 Å². The van der Waals surface area contributed by atoms with Crippen LogP contribution in [0.4, 0.5) is 11.6 Å². The number of methoxy groups -OCH3 is 1. The molecule has 0 aliphatic carbocycles. The van der Waals surface area contributed by atoms with Crippen molar-refractivity contribution in [3.05, 3.63) is 6.07 Å². The SMILES string of the molecule is COC1CCCN(c2cc(N)nc(SC)n2)C1. The van der Waals surface area contributed by atoms with Gasteiger partial charge in [0.2, 0.25) is 0 Å². The molecule has 5 nitrogen and oxygen atoms in total. The molecule has 0 aromatic carbocycles. The van der Waals surface area contributed by atoms with Crippen LogP contribution in [0.25, 0.3) is 0 Å². The van der Waals surface area contributed by atoms with Gasteiger partial charge in [-0.1, -0.05) is 11.8 Å². The molecule has 1 aliphatic rings. The fraction of sp³-hybridized carbons (Fsp3) is 0.636. The van der Waals surface area contributed by atoms with Crippen molar-refractivity contribution in [2.45, 2.75) is 24.1 Å². The topological polar surface area (TPSA) is 64.3 Å². The molecule has 1 aromatic heterocycles. The second-order valence-corrected chi connectivity index (χ2v) is 4.86. The Labute approximate surface area is 106 Å². The van der Waals surface area contributed by atoms with Crippen LogP contribution in [0.5, 0.6) is 0 Å². The molecule has 1 saturated heterocycles. The summed E-state index contributed by atoms with van der Waals surface area (Å²) in [5, 5.41) is 0.722. The minimum atomic E-state index is 0.290. The van der Waals surface area contributed by atoms with E-state index in [0.717, 1.165) is 36.9 Å². The molecule has 2 N–H and O–H groups in total. The third-order valence-electron chi connectivity index (χ3n) is 2.93. The first-order valence-corrected chi connectivity index (χ1v) is 6.91. The van der Waals surface area contributed by atoms with Gasteiger partial charge in [-0.15, -0.1) is 0 Å². The van der Waals surface area contributed by atoms with Gasteiger partial charge in [-0.05, 0) is 19.1 Å². The molecule has 0 bridgehead atoms. The molecule has 1 aromatic rings. The molecule has 1 aliphatic heterocycles. The maximum atomic E-state index is 5.79. The Hall–Kier alpha value is -1.01. The van der Waals surface area contributed by atoms with Gasteiger partial charge in [-0.25, -0.2) is 9.97 Å². The number of hydrogen-bond donors (Lipinski definition) is 1. The van der Waals surface area contributed by atoms with Crippen molar-refractivity contribution in [2.24, 2.45) is 0 Å².